The lowest BCUT2D eigenvalue weighted by Gasteiger charge is -2.18. The van der Waals surface area contributed by atoms with Crippen molar-refractivity contribution >= 4 is 11.3 Å². The van der Waals surface area contributed by atoms with Gasteiger partial charge in [-0.1, -0.05) is 6.92 Å². The van der Waals surface area contributed by atoms with E-state index in [1.54, 1.807) is 17.6 Å². The van der Waals surface area contributed by atoms with Crippen LogP contribution in [0, 0.1) is 0 Å². The van der Waals surface area contributed by atoms with E-state index in [2.05, 4.69) is 22.2 Å². The molecule has 1 N–H and O–H groups in total. The van der Waals surface area contributed by atoms with E-state index in [9.17, 15) is 0 Å². The number of hydrogen-bond donors (Lipinski definition) is 1. The summed E-state index contributed by atoms with van der Waals surface area (Å²) in [6.45, 7) is 5.06. The van der Waals surface area contributed by atoms with E-state index < -0.39 is 0 Å². The molecule has 0 bridgehead atoms. The molecule has 0 amide bonds. The molecule has 0 aliphatic rings. The van der Waals surface area contributed by atoms with Crippen LogP contribution < -0.4 is 0 Å². The Morgan fingerprint density at radius 3 is 3.06 bits per heavy atom. The average Bonchev–Trinajstić information content (AvgIpc) is 3.04. The number of aliphatic hydroxyl groups is 1. The zero-order valence-corrected chi connectivity index (χ0v) is 11.3. The van der Waals surface area contributed by atoms with Crippen molar-refractivity contribution in [3.8, 4) is 10.8 Å². The molecule has 0 saturated carbocycles. The van der Waals surface area contributed by atoms with Crippen LogP contribution in [0.1, 0.15) is 19.0 Å². The number of rotatable bonds is 7. The van der Waals surface area contributed by atoms with E-state index in [1.165, 1.54) is 0 Å². The average molecular weight is 266 g/mol. The molecule has 0 radical (unpaired) electrons. The van der Waals surface area contributed by atoms with Crippen LogP contribution in [0.4, 0.5) is 0 Å². The van der Waals surface area contributed by atoms with Crippen LogP contribution in [-0.4, -0.2) is 34.7 Å². The van der Waals surface area contributed by atoms with E-state index in [-0.39, 0.29) is 6.61 Å². The lowest BCUT2D eigenvalue weighted by molar-refractivity contribution is 0.224. The molecule has 0 spiro atoms. The summed E-state index contributed by atoms with van der Waals surface area (Å²) in [5.74, 6) is 0.824. The largest absolute Gasteiger partial charge is 0.462 e. The van der Waals surface area contributed by atoms with Crippen molar-refractivity contribution in [3.63, 3.8) is 0 Å². The Labute approximate surface area is 111 Å². The quantitative estimate of drug-likeness (QED) is 0.837. The monoisotopic (exact) mass is 266 g/mol. The molecule has 0 aromatic carbocycles. The maximum absolute atomic E-state index is 8.85. The van der Waals surface area contributed by atoms with Crippen molar-refractivity contribution in [2.45, 2.75) is 19.9 Å². The van der Waals surface area contributed by atoms with Gasteiger partial charge in [0.1, 0.15) is 0 Å². The number of aromatic nitrogens is 1. The first kappa shape index (κ1) is 13.3. The number of furan rings is 1. The molecular formula is C13H18N2O2S. The van der Waals surface area contributed by atoms with Gasteiger partial charge in [0.2, 0.25) is 0 Å². The van der Waals surface area contributed by atoms with E-state index in [4.69, 9.17) is 9.52 Å². The van der Waals surface area contributed by atoms with Gasteiger partial charge in [-0.3, -0.25) is 4.90 Å². The molecule has 18 heavy (non-hydrogen) atoms. The Kier molecular flexibility index (Phi) is 4.92. The highest BCUT2D eigenvalue weighted by Gasteiger charge is 2.09. The number of thiazole rings is 1. The minimum absolute atomic E-state index is 0.241. The van der Waals surface area contributed by atoms with Gasteiger partial charge < -0.3 is 9.52 Å². The third-order valence-corrected chi connectivity index (χ3v) is 3.65. The maximum atomic E-state index is 8.85. The minimum Gasteiger partial charge on any atom is -0.462 e. The van der Waals surface area contributed by atoms with E-state index in [0.717, 1.165) is 42.5 Å². The zero-order valence-electron chi connectivity index (χ0n) is 10.5. The molecule has 98 valence electrons. The fraction of sp³-hybridized carbons (Fsp3) is 0.462. The fourth-order valence-electron chi connectivity index (χ4n) is 1.77. The first-order valence-corrected chi connectivity index (χ1v) is 7.03. The van der Waals surface area contributed by atoms with Gasteiger partial charge in [0.15, 0.2) is 10.8 Å². The SMILES string of the molecule is CCN(CCCO)Cc1csc(-c2ccco2)n1. The molecule has 0 atom stereocenters. The third-order valence-electron chi connectivity index (χ3n) is 2.75. The highest BCUT2D eigenvalue weighted by molar-refractivity contribution is 7.13. The predicted molar refractivity (Wildman–Crippen MR) is 72.5 cm³/mol. The van der Waals surface area contributed by atoms with Gasteiger partial charge in [-0.25, -0.2) is 4.98 Å². The molecule has 0 aliphatic heterocycles. The van der Waals surface area contributed by atoms with Gasteiger partial charge >= 0.3 is 0 Å². The second-order valence-electron chi connectivity index (χ2n) is 4.07. The van der Waals surface area contributed by atoms with Gasteiger partial charge in [0.05, 0.1) is 12.0 Å². The molecule has 2 heterocycles. The van der Waals surface area contributed by atoms with Crippen molar-refractivity contribution < 1.29 is 9.52 Å². The van der Waals surface area contributed by atoms with Crippen LogP contribution in [0.3, 0.4) is 0 Å². The van der Waals surface area contributed by atoms with Crippen molar-refractivity contribution in [1.82, 2.24) is 9.88 Å². The van der Waals surface area contributed by atoms with Crippen molar-refractivity contribution in [1.29, 1.82) is 0 Å². The Hall–Kier alpha value is -1.17. The van der Waals surface area contributed by atoms with Crippen LogP contribution in [0.15, 0.2) is 28.2 Å². The van der Waals surface area contributed by atoms with E-state index in [0.29, 0.717) is 0 Å². The Morgan fingerprint density at radius 2 is 2.39 bits per heavy atom. The highest BCUT2D eigenvalue weighted by Crippen LogP contribution is 2.24. The van der Waals surface area contributed by atoms with Crippen LogP contribution in [-0.2, 0) is 6.54 Å². The van der Waals surface area contributed by atoms with Gasteiger partial charge in [-0.2, -0.15) is 0 Å². The molecule has 0 unspecified atom stereocenters. The molecule has 0 fully saturated rings. The van der Waals surface area contributed by atoms with Crippen LogP contribution >= 0.6 is 11.3 Å². The summed E-state index contributed by atoms with van der Waals surface area (Å²) in [4.78, 5) is 6.84. The zero-order chi connectivity index (χ0) is 12.8. The Morgan fingerprint density at radius 1 is 1.50 bits per heavy atom. The fourth-order valence-corrected chi connectivity index (χ4v) is 2.54. The summed E-state index contributed by atoms with van der Waals surface area (Å²) in [5.41, 5.74) is 1.06. The molecule has 2 rings (SSSR count). The van der Waals surface area contributed by atoms with Crippen LogP contribution in [0.2, 0.25) is 0 Å². The topological polar surface area (TPSA) is 49.5 Å². The molecular weight excluding hydrogens is 248 g/mol. The van der Waals surface area contributed by atoms with Gasteiger partial charge in [-0.15, -0.1) is 11.3 Å². The smallest absolute Gasteiger partial charge is 0.162 e. The van der Waals surface area contributed by atoms with Gasteiger partial charge in [0, 0.05) is 25.1 Å². The van der Waals surface area contributed by atoms with Crippen LogP contribution in [0.5, 0.6) is 0 Å². The second kappa shape index (κ2) is 6.68. The summed E-state index contributed by atoms with van der Waals surface area (Å²) in [5, 5.41) is 11.8. The normalized spacial score (nSPS) is 11.3. The molecule has 0 saturated heterocycles. The molecule has 4 nitrogen and oxygen atoms in total. The molecule has 0 aliphatic carbocycles. The molecule has 2 aromatic heterocycles. The highest BCUT2D eigenvalue weighted by atomic mass is 32.1. The van der Waals surface area contributed by atoms with E-state index >= 15 is 0 Å². The standard InChI is InChI=1S/C13H18N2O2S/c1-2-15(6-4-7-16)9-11-10-18-13(14-11)12-5-3-8-17-12/h3,5,8,10,16H,2,4,6-7,9H2,1H3. The van der Waals surface area contributed by atoms with Gasteiger partial charge in [0.25, 0.3) is 0 Å². The second-order valence-corrected chi connectivity index (χ2v) is 4.93. The third kappa shape index (κ3) is 3.41. The van der Waals surface area contributed by atoms with Gasteiger partial charge in [-0.05, 0) is 25.1 Å². The van der Waals surface area contributed by atoms with E-state index in [1.807, 2.05) is 12.1 Å². The summed E-state index contributed by atoms with van der Waals surface area (Å²) in [6, 6.07) is 3.79. The first-order valence-electron chi connectivity index (χ1n) is 6.15. The Balaban J connectivity index is 1.97. The summed E-state index contributed by atoms with van der Waals surface area (Å²) < 4.78 is 5.33. The predicted octanol–water partition coefficient (Wildman–Crippen LogP) is 2.61. The first-order chi connectivity index (χ1) is 8.83. The maximum Gasteiger partial charge on any atom is 0.162 e. The van der Waals surface area contributed by atoms with Crippen LogP contribution in [0.25, 0.3) is 10.8 Å². The minimum atomic E-state index is 0.241. The summed E-state index contributed by atoms with van der Waals surface area (Å²) in [6.07, 6.45) is 2.47. The van der Waals surface area contributed by atoms with Crippen molar-refractivity contribution in [2.75, 3.05) is 19.7 Å². The summed E-state index contributed by atoms with van der Waals surface area (Å²) in [7, 11) is 0. The molecule has 5 heteroatoms. The Bertz CT molecular complexity index is 453. The van der Waals surface area contributed by atoms with Crippen molar-refractivity contribution in [3.05, 3.63) is 29.5 Å². The lowest BCUT2D eigenvalue weighted by atomic mass is 10.3. The number of nitrogens with zero attached hydrogens (tertiary/aromatic N) is 2. The summed E-state index contributed by atoms with van der Waals surface area (Å²) >= 11 is 1.60. The van der Waals surface area contributed by atoms with Crippen molar-refractivity contribution in [2.24, 2.45) is 0 Å². The molecule has 2 aromatic rings. The lowest BCUT2D eigenvalue weighted by Crippen LogP contribution is -2.24. The number of aliphatic hydroxyl groups excluding tert-OH is 1. The number of hydrogen-bond acceptors (Lipinski definition) is 5.